The van der Waals surface area contributed by atoms with Gasteiger partial charge in [-0.15, -0.1) is 5.92 Å². The van der Waals surface area contributed by atoms with Gasteiger partial charge in [-0.05, 0) is 183 Å². The molecule has 2 aliphatic heterocycles. The predicted octanol–water partition coefficient (Wildman–Crippen LogP) is 5.81. The number of ether oxygens (including phenoxy) is 1. The standard InChI is InChI=1S/C70H95N5O13S2/c1-5-51-56(54(65(85)88-51)39-19-20-73-28-39)43-8-6-7-38-26-70(87)59-57(67(3)27-50(79)61(81)47-32-90-89-31-40(34-12-16-42(77)17-13-34)23-49(78)48(30-76)75-60(59)62(82)58(47)67)37-11-15-41(29-74-66(71)72)69(70,25-37)63(38)68(4,86)52(80)24-46(64(83)84)53-36-14-18-44(43)55(53)45-21-33(2)9-10-35(45)22-36/h12-13,16-17,19-20,22,28,33,36-38,40-41,43-48,50-58,61,63-64,73,75-77,79-81,83-84,86-87H,5,7,9-11,14-15,18,21,23-27,29-32H2,1-4H3,(H4,71,72,74)/t33-,36+,37-,38+,40-,41-,43+,44-,45+,46+,47-,48-,50-,51+,52+,53-,54-,55-,56+,57-,58-,61+,63+,67+,68-,69-,70+/m0/s1. The molecule has 0 amide bonds. The number of aromatic hydroxyl groups is 1. The molecule has 2 aromatic rings. The number of fused-ring (bicyclic) bond motifs is 8. The van der Waals surface area contributed by atoms with Crippen LogP contribution in [0.4, 0.5) is 0 Å². The molecular formula is C70H95N5O13S2. The molecule has 20 heteroatoms. The Morgan fingerprint density at radius 3 is 2.37 bits per heavy atom. The highest BCUT2D eigenvalue weighted by Crippen LogP contribution is 2.77. The van der Waals surface area contributed by atoms with Crippen LogP contribution in [-0.2, 0) is 19.1 Å². The lowest BCUT2D eigenvalue weighted by Crippen LogP contribution is -2.71. The molecule has 8 bridgehead atoms. The van der Waals surface area contributed by atoms with Crippen LogP contribution < -0.4 is 16.8 Å². The van der Waals surface area contributed by atoms with Gasteiger partial charge in [0.1, 0.15) is 17.9 Å². The number of nitrogens with two attached hydrogens (primary N) is 2. The number of guanidine groups is 1. The Kier molecular flexibility index (Phi) is 17.5. The summed E-state index contributed by atoms with van der Waals surface area (Å²) in [5.74, 6) is -1.04. The fraction of sp³-hybridized carbons (Fsp3) is 0.714. The maximum absolute atomic E-state index is 16.5. The number of aliphatic imine (C=N–C) groups is 1. The number of hydrogen-bond donors (Lipinski definition) is 13. The van der Waals surface area contributed by atoms with Crippen molar-refractivity contribution in [2.75, 3.05) is 24.7 Å². The third kappa shape index (κ3) is 10.3. The van der Waals surface area contributed by atoms with Gasteiger partial charge in [0.15, 0.2) is 23.8 Å². The number of phenols is 1. The molecule has 490 valence electrons. The van der Waals surface area contributed by atoms with Crippen LogP contribution in [0, 0.1) is 117 Å². The number of benzene rings is 1. The molecule has 9 aliphatic carbocycles. The normalized spacial score (nSPS) is 46.6. The van der Waals surface area contributed by atoms with Crippen molar-refractivity contribution in [3.63, 3.8) is 0 Å². The molecule has 0 radical (unpaired) electrons. The molecule has 1 aromatic heterocycles. The fourth-order valence-corrected chi connectivity index (χ4v) is 25.2. The van der Waals surface area contributed by atoms with Gasteiger partial charge in [-0.3, -0.25) is 19.4 Å². The third-order valence-corrected chi connectivity index (χ3v) is 28.4. The van der Waals surface area contributed by atoms with Gasteiger partial charge in [0.05, 0.1) is 47.7 Å². The second-order valence-electron chi connectivity index (χ2n) is 30.3. The van der Waals surface area contributed by atoms with Crippen LogP contribution in [0.25, 0.3) is 0 Å². The molecular weight excluding hydrogens is 1180 g/mol. The molecule has 27 atom stereocenters. The molecule has 18 nitrogen and oxygen atoms in total. The van der Waals surface area contributed by atoms with Crippen LogP contribution in [0.3, 0.4) is 0 Å². The first-order valence-corrected chi connectivity index (χ1v) is 36.1. The van der Waals surface area contributed by atoms with Gasteiger partial charge in [-0.1, -0.05) is 72.1 Å². The van der Waals surface area contributed by atoms with Crippen molar-refractivity contribution in [1.82, 2.24) is 10.3 Å². The zero-order valence-electron chi connectivity index (χ0n) is 52.3. The molecule has 6 saturated carbocycles. The summed E-state index contributed by atoms with van der Waals surface area (Å²) < 4.78 is 6.40. The maximum atomic E-state index is 16.5. The number of aromatic nitrogens is 1. The van der Waals surface area contributed by atoms with Gasteiger partial charge in [0.2, 0.25) is 0 Å². The van der Waals surface area contributed by atoms with Crippen molar-refractivity contribution < 1.29 is 65.1 Å². The summed E-state index contributed by atoms with van der Waals surface area (Å²) in [6.45, 7) is 7.22. The van der Waals surface area contributed by atoms with Gasteiger partial charge in [0.25, 0.3) is 0 Å². The van der Waals surface area contributed by atoms with Crippen LogP contribution in [0.5, 0.6) is 5.75 Å². The number of phenolic OH excluding ortho intramolecular Hbond substituents is 1. The molecule has 8 fully saturated rings. The van der Waals surface area contributed by atoms with E-state index in [1.54, 1.807) is 31.2 Å². The second kappa shape index (κ2) is 24.4. The SMILES string of the molecule is CC[C@H]1OC(=O)[C@@H](c2cc[nH]c2)[C@@H]1[C@@H]1C#CC[C@@H]2C[C@@]3(O)C4=C5N[C@@H](CO)C(=O)C[C@H](c6ccc(O)cc6)CSSC[C@@H]6[C@@H](O)[C@@H](O)C[C@](C)([C@H]4[C@H]4CC[C@@H](CN=C(N)N)[C@@]3(C4)[C@H]2[C@@](C)(O)[C@H](O)C[C@@H](C(O)O)[C@H]2[C@H]3[C@H]1CC[C@@H]2C=C1CC[C@H](C)C[C@H]13)[C@@H]6C5=O. The molecule has 2 saturated heterocycles. The highest BCUT2D eigenvalue weighted by atomic mass is 33.1. The van der Waals surface area contributed by atoms with E-state index >= 15 is 14.7 Å². The predicted molar refractivity (Wildman–Crippen MR) is 341 cm³/mol. The Morgan fingerprint density at radius 1 is 0.889 bits per heavy atom. The number of nitrogens with zero attached hydrogens (tertiary/aromatic N) is 1. The summed E-state index contributed by atoms with van der Waals surface area (Å²) in [5.41, 5.74) is 8.98. The minimum Gasteiger partial charge on any atom is -0.508 e. The summed E-state index contributed by atoms with van der Waals surface area (Å²) in [4.78, 5) is 53.9. The summed E-state index contributed by atoms with van der Waals surface area (Å²) in [6.07, 6.45) is 5.41. The quantitative estimate of drug-likeness (QED) is 0.0282. The number of ketones is 2. The Balaban J connectivity index is 1.03. The van der Waals surface area contributed by atoms with Gasteiger partial charge in [0, 0.05) is 90.1 Å². The topological polar surface area (TPSA) is 335 Å². The number of esters is 1. The Hall–Kier alpha value is -4.40. The van der Waals surface area contributed by atoms with E-state index in [1.807, 2.05) is 32.3 Å². The second-order valence-corrected chi connectivity index (χ2v) is 32.8. The van der Waals surface area contributed by atoms with Crippen LogP contribution in [0.15, 0.2) is 70.6 Å². The molecule has 15 N–H and O–H groups in total. The molecule has 0 unspecified atom stereocenters. The van der Waals surface area contributed by atoms with Gasteiger partial charge < -0.3 is 72.5 Å². The van der Waals surface area contributed by atoms with E-state index in [4.69, 9.17) is 16.2 Å². The number of rotatable bonds is 8. The molecule has 1 aromatic carbocycles. The molecule has 3 heterocycles. The van der Waals surface area contributed by atoms with Crippen LogP contribution in [0.1, 0.15) is 141 Å². The number of allylic oxidation sites excluding steroid dienone is 3. The smallest absolute Gasteiger partial charge is 0.314 e. The number of cyclic esters (lactones) is 1. The zero-order valence-corrected chi connectivity index (χ0v) is 53.9. The highest BCUT2D eigenvalue weighted by Gasteiger charge is 2.79. The summed E-state index contributed by atoms with van der Waals surface area (Å²) >= 11 is 0. The van der Waals surface area contributed by atoms with Crippen LogP contribution in [0.2, 0.25) is 0 Å². The number of aliphatic hydroxyl groups is 8. The summed E-state index contributed by atoms with van der Waals surface area (Å²) in [6, 6.07) is 7.23. The van der Waals surface area contributed by atoms with E-state index in [9.17, 15) is 45.6 Å². The minimum absolute atomic E-state index is 0.00155. The number of nitrogens with one attached hydrogen (secondary N) is 2. The van der Waals surface area contributed by atoms with E-state index in [0.717, 1.165) is 43.2 Å². The number of Topliss-reactive ketones (excluding diaryl/α,β-unsaturated/α-hetero) is 2. The van der Waals surface area contributed by atoms with Crippen molar-refractivity contribution in [3.8, 4) is 17.6 Å². The minimum atomic E-state index is -2.11. The van der Waals surface area contributed by atoms with Crippen molar-refractivity contribution in [2.45, 2.75) is 177 Å². The van der Waals surface area contributed by atoms with E-state index < -0.39 is 136 Å². The van der Waals surface area contributed by atoms with Crippen LogP contribution in [-0.4, -0.2) is 147 Å². The van der Waals surface area contributed by atoms with E-state index in [0.29, 0.717) is 36.5 Å². The molecule has 90 heavy (non-hydrogen) atoms. The first-order chi connectivity index (χ1) is 43.0. The lowest BCUT2D eigenvalue weighted by molar-refractivity contribution is -0.233. The van der Waals surface area contributed by atoms with Crippen LogP contribution >= 0.6 is 21.6 Å². The van der Waals surface area contributed by atoms with Gasteiger partial charge in [-0.25, -0.2) is 0 Å². The average molecular weight is 1280 g/mol. The highest BCUT2D eigenvalue weighted by molar-refractivity contribution is 8.76. The number of aliphatic hydroxyl groups excluding tert-OH is 5. The summed E-state index contributed by atoms with van der Waals surface area (Å²) in [7, 11) is 2.96. The number of carbonyl (C=O) groups is 3. The first-order valence-electron chi connectivity index (χ1n) is 33.6. The Morgan fingerprint density at radius 2 is 1.66 bits per heavy atom. The largest absolute Gasteiger partial charge is 0.508 e. The lowest BCUT2D eigenvalue weighted by atomic mass is 9.37. The van der Waals surface area contributed by atoms with Gasteiger partial charge in [-0.2, -0.15) is 0 Å². The number of hydrogen-bond acceptors (Lipinski definition) is 17. The zero-order chi connectivity index (χ0) is 63.7. The molecule has 1 spiro atoms. The Bertz CT molecular complexity index is 3220. The van der Waals surface area contributed by atoms with Crippen molar-refractivity contribution in [1.29, 1.82) is 0 Å². The van der Waals surface area contributed by atoms with E-state index in [2.05, 4.69) is 40.1 Å². The number of H-pyrrole nitrogens is 1. The number of carbonyl (C=O) groups excluding carboxylic acids is 3. The lowest BCUT2D eigenvalue weighted by Gasteiger charge is -2.69. The van der Waals surface area contributed by atoms with Crippen molar-refractivity contribution in [3.05, 3.63) is 76.8 Å². The monoisotopic (exact) mass is 1280 g/mol. The fourth-order valence-electron chi connectivity index (χ4n) is 22.5. The van der Waals surface area contributed by atoms with E-state index in [-0.39, 0.29) is 115 Å². The first kappa shape index (κ1) is 64.3. The van der Waals surface area contributed by atoms with Gasteiger partial charge >= 0.3 is 5.97 Å². The van der Waals surface area contributed by atoms with E-state index in [1.165, 1.54) is 27.2 Å². The van der Waals surface area contributed by atoms with Crippen molar-refractivity contribution in [2.24, 2.45) is 122 Å². The summed E-state index contributed by atoms with van der Waals surface area (Å²) in [5, 5.41) is 117. The van der Waals surface area contributed by atoms with Crippen molar-refractivity contribution >= 4 is 45.1 Å². The molecule has 13 rings (SSSR count). The average Bonchev–Trinajstić information content (AvgIpc) is 1.31. The third-order valence-electron chi connectivity index (χ3n) is 25.9. The Labute approximate surface area is 536 Å². The number of aromatic amines is 1. The molecule has 11 aliphatic rings. The maximum Gasteiger partial charge on any atom is 0.314 e.